The number of anilines is 1. The molecule has 1 aliphatic heterocycles. The Labute approximate surface area is 78.0 Å². The molecule has 0 amide bonds. The van der Waals surface area contributed by atoms with Crippen LogP contribution in [0.15, 0.2) is 18.2 Å². The molecule has 0 unspecified atom stereocenters. The van der Waals surface area contributed by atoms with E-state index in [4.69, 9.17) is 12.2 Å². The molecule has 0 saturated heterocycles. The number of thiocarbonyl (C=S) groups is 1. The van der Waals surface area contributed by atoms with Crippen LogP contribution < -0.4 is 4.90 Å². The van der Waals surface area contributed by atoms with Gasteiger partial charge in [-0.25, -0.2) is 0 Å². The Balaban J connectivity index is 2.47. The lowest BCUT2D eigenvalue weighted by atomic mass is 10.1. The van der Waals surface area contributed by atoms with Crippen LogP contribution >= 0.6 is 12.2 Å². The first kappa shape index (κ1) is 7.74. The largest absolute Gasteiger partial charge is 0.338 e. The Morgan fingerprint density at radius 2 is 2.33 bits per heavy atom. The van der Waals surface area contributed by atoms with Crippen molar-refractivity contribution < 1.29 is 0 Å². The molecule has 0 aliphatic carbocycles. The standard InChI is InChI=1S/C10H11NS/c1-8-2-3-10-9(6-8)4-5-11(10)7-12/h2-3,6-7H,4-5H2,1H3. The Morgan fingerprint density at radius 3 is 3.08 bits per heavy atom. The lowest BCUT2D eigenvalue weighted by Gasteiger charge is -2.11. The zero-order valence-electron chi connectivity index (χ0n) is 7.08. The second-order valence-corrected chi connectivity index (χ2v) is 3.39. The van der Waals surface area contributed by atoms with Crippen LogP contribution in [0.2, 0.25) is 0 Å². The zero-order valence-corrected chi connectivity index (χ0v) is 7.90. The van der Waals surface area contributed by atoms with E-state index in [2.05, 4.69) is 30.0 Å². The van der Waals surface area contributed by atoms with Gasteiger partial charge in [-0.2, -0.15) is 0 Å². The number of benzene rings is 1. The molecule has 0 radical (unpaired) electrons. The first-order valence-electron chi connectivity index (χ1n) is 4.13. The topological polar surface area (TPSA) is 3.24 Å². The quantitative estimate of drug-likeness (QED) is 0.606. The van der Waals surface area contributed by atoms with Gasteiger partial charge < -0.3 is 4.90 Å². The van der Waals surface area contributed by atoms with Gasteiger partial charge in [0.15, 0.2) is 0 Å². The summed E-state index contributed by atoms with van der Waals surface area (Å²) in [5.74, 6) is 0. The van der Waals surface area contributed by atoms with Gasteiger partial charge in [-0.05, 0) is 25.0 Å². The number of rotatable bonds is 1. The molecule has 62 valence electrons. The third kappa shape index (κ3) is 1.12. The molecular formula is C10H11NS. The summed E-state index contributed by atoms with van der Waals surface area (Å²) in [5, 5.41) is 0. The van der Waals surface area contributed by atoms with Crippen molar-refractivity contribution in [1.29, 1.82) is 0 Å². The molecule has 2 rings (SSSR count). The van der Waals surface area contributed by atoms with E-state index >= 15 is 0 Å². The van der Waals surface area contributed by atoms with Gasteiger partial charge in [-0.15, -0.1) is 0 Å². The van der Waals surface area contributed by atoms with Gasteiger partial charge in [0, 0.05) is 12.2 Å². The van der Waals surface area contributed by atoms with Crippen molar-refractivity contribution >= 4 is 23.4 Å². The van der Waals surface area contributed by atoms with Crippen LogP contribution in [-0.2, 0) is 6.42 Å². The maximum absolute atomic E-state index is 4.92. The monoisotopic (exact) mass is 177 g/mol. The van der Waals surface area contributed by atoms with Gasteiger partial charge in [-0.1, -0.05) is 29.9 Å². The summed E-state index contributed by atoms with van der Waals surface area (Å²) < 4.78 is 0. The van der Waals surface area contributed by atoms with Crippen molar-refractivity contribution in [1.82, 2.24) is 0 Å². The van der Waals surface area contributed by atoms with E-state index in [1.165, 1.54) is 16.8 Å². The maximum Gasteiger partial charge on any atom is 0.0685 e. The first-order chi connectivity index (χ1) is 5.81. The van der Waals surface area contributed by atoms with Gasteiger partial charge in [0.2, 0.25) is 0 Å². The minimum absolute atomic E-state index is 1.04. The van der Waals surface area contributed by atoms with Crippen LogP contribution in [-0.4, -0.2) is 12.0 Å². The average molecular weight is 177 g/mol. The summed E-state index contributed by atoms with van der Waals surface area (Å²) in [6.07, 6.45) is 1.13. The van der Waals surface area contributed by atoms with Crippen LogP contribution in [0.5, 0.6) is 0 Å². The molecular weight excluding hydrogens is 166 g/mol. The van der Waals surface area contributed by atoms with E-state index in [-0.39, 0.29) is 0 Å². The fourth-order valence-electron chi connectivity index (χ4n) is 1.67. The minimum atomic E-state index is 1.04. The summed E-state index contributed by atoms with van der Waals surface area (Å²) in [6, 6.07) is 6.53. The Hall–Kier alpha value is -0.890. The Bertz CT molecular complexity index is 320. The van der Waals surface area contributed by atoms with E-state index < -0.39 is 0 Å². The molecule has 1 nitrogen and oxygen atoms in total. The Kier molecular flexibility index (Phi) is 1.85. The van der Waals surface area contributed by atoms with E-state index in [0.717, 1.165) is 13.0 Å². The molecule has 0 fully saturated rings. The second kappa shape index (κ2) is 2.87. The first-order valence-corrected chi connectivity index (χ1v) is 4.60. The molecule has 0 N–H and O–H groups in total. The summed E-state index contributed by atoms with van der Waals surface area (Å²) in [5.41, 5.74) is 5.79. The number of aryl methyl sites for hydroxylation is 1. The number of hydrogen-bond donors (Lipinski definition) is 0. The van der Waals surface area contributed by atoms with Gasteiger partial charge in [0.25, 0.3) is 0 Å². The highest BCUT2D eigenvalue weighted by atomic mass is 32.1. The lowest BCUT2D eigenvalue weighted by Crippen LogP contribution is -2.15. The minimum Gasteiger partial charge on any atom is -0.338 e. The molecule has 1 aromatic rings. The summed E-state index contributed by atoms with van der Waals surface area (Å²) in [7, 11) is 0. The highest BCUT2D eigenvalue weighted by Crippen LogP contribution is 2.27. The van der Waals surface area contributed by atoms with Gasteiger partial charge >= 0.3 is 0 Å². The van der Waals surface area contributed by atoms with Crippen molar-refractivity contribution in [3.05, 3.63) is 29.3 Å². The summed E-state index contributed by atoms with van der Waals surface area (Å²) >= 11 is 4.92. The fraction of sp³-hybridized carbons (Fsp3) is 0.300. The molecule has 0 atom stereocenters. The van der Waals surface area contributed by atoms with E-state index in [1.807, 2.05) is 0 Å². The van der Waals surface area contributed by atoms with E-state index in [1.54, 1.807) is 5.49 Å². The van der Waals surface area contributed by atoms with E-state index in [0.29, 0.717) is 0 Å². The fourth-order valence-corrected chi connectivity index (χ4v) is 1.88. The molecule has 0 bridgehead atoms. The third-order valence-electron chi connectivity index (χ3n) is 2.29. The van der Waals surface area contributed by atoms with E-state index in [9.17, 15) is 0 Å². The highest BCUT2D eigenvalue weighted by Gasteiger charge is 2.16. The maximum atomic E-state index is 4.92. The van der Waals surface area contributed by atoms with Gasteiger partial charge in [-0.3, -0.25) is 0 Å². The summed E-state index contributed by atoms with van der Waals surface area (Å²) in [4.78, 5) is 2.13. The van der Waals surface area contributed by atoms with Crippen LogP contribution in [0.4, 0.5) is 5.69 Å². The van der Waals surface area contributed by atoms with Crippen LogP contribution in [0.3, 0.4) is 0 Å². The van der Waals surface area contributed by atoms with Crippen molar-refractivity contribution in [2.75, 3.05) is 11.4 Å². The van der Waals surface area contributed by atoms with Crippen LogP contribution in [0.25, 0.3) is 0 Å². The summed E-state index contributed by atoms with van der Waals surface area (Å²) in [6.45, 7) is 3.17. The molecule has 0 saturated carbocycles. The van der Waals surface area contributed by atoms with Crippen molar-refractivity contribution in [3.63, 3.8) is 0 Å². The molecule has 0 aromatic heterocycles. The number of fused-ring (bicyclic) bond motifs is 1. The van der Waals surface area contributed by atoms with Crippen molar-refractivity contribution in [2.24, 2.45) is 0 Å². The number of nitrogens with zero attached hydrogens (tertiary/aromatic N) is 1. The van der Waals surface area contributed by atoms with Crippen LogP contribution in [0.1, 0.15) is 11.1 Å². The molecule has 1 aromatic carbocycles. The smallest absolute Gasteiger partial charge is 0.0685 e. The average Bonchev–Trinajstić information content (AvgIpc) is 2.46. The van der Waals surface area contributed by atoms with Crippen molar-refractivity contribution in [3.8, 4) is 0 Å². The van der Waals surface area contributed by atoms with Crippen LogP contribution in [0, 0.1) is 6.92 Å². The van der Waals surface area contributed by atoms with Crippen molar-refractivity contribution in [2.45, 2.75) is 13.3 Å². The lowest BCUT2D eigenvalue weighted by molar-refractivity contribution is 1.04. The predicted molar refractivity (Wildman–Crippen MR) is 55.9 cm³/mol. The molecule has 1 heterocycles. The third-order valence-corrected chi connectivity index (χ3v) is 2.55. The van der Waals surface area contributed by atoms with Gasteiger partial charge in [0.1, 0.15) is 0 Å². The number of hydrogen-bond acceptors (Lipinski definition) is 1. The predicted octanol–water partition coefficient (Wildman–Crippen LogP) is 2.31. The zero-order chi connectivity index (χ0) is 8.55. The highest BCUT2D eigenvalue weighted by molar-refractivity contribution is 7.79. The molecule has 1 aliphatic rings. The second-order valence-electron chi connectivity index (χ2n) is 3.18. The molecule has 2 heteroatoms. The molecule has 12 heavy (non-hydrogen) atoms. The molecule has 0 spiro atoms. The van der Waals surface area contributed by atoms with Gasteiger partial charge in [0.05, 0.1) is 5.49 Å². The SMILES string of the molecule is Cc1ccc2c(c1)CCN2C=S. The normalized spacial score (nSPS) is 14.6. The Morgan fingerprint density at radius 1 is 1.50 bits per heavy atom.